The third-order valence-electron chi connectivity index (χ3n) is 2.89. The second-order valence-corrected chi connectivity index (χ2v) is 4.38. The van der Waals surface area contributed by atoms with Crippen LogP contribution in [0.25, 0.3) is 11.1 Å². The normalized spacial score (nSPS) is 11.2. The Hall–Kier alpha value is -2.50. The van der Waals surface area contributed by atoms with Gasteiger partial charge in [-0.05, 0) is 35.7 Å². The SMILES string of the molecule is Cc1ccccc1-c1ccc(C(=O)O)c(OC(F)(F)F)c1. The van der Waals surface area contributed by atoms with Crippen LogP contribution in [0.4, 0.5) is 13.2 Å². The molecule has 0 atom stereocenters. The summed E-state index contributed by atoms with van der Waals surface area (Å²) in [6, 6.07) is 10.7. The Morgan fingerprint density at radius 1 is 1.14 bits per heavy atom. The third kappa shape index (κ3) is 3.53. The number of hydrogen-bond acceptors (Lipinski definition) is 2. The fourth-order valence-corrected chi connectivity index (χ4v) is 1.97. The van der Waals surface area contributed by atoms with Gasteiger partial charge in [-0.2, -0.15) is 0 Å². The highest BCUT2D eigenvalue weighted by molar-refractivity contribution is 5.92. The lowest BCUT2D eigenvalue weighted by Gasteiger charge is -2.13. The number of benzene rings is 2. The van der Waals surface area contributed by atoms with Gasteiger partial charge in [0.2, 0.25) is 0 Å². The third-order valence-corrected chi connectivity index (χ3v) is 2.89. The molecule has 0 heterocycles. The Morgan fingerprint density at radius 2 is 1.81 bits per heavy atom. The fourth-order valence-electron chi connectivity index (χ4n) is 1.97. The van der Waals surface area contributed by atoms with Crippen molar-refractivity contribution in [3.8, 4) is 16.9 Å². The molecule has 0 saturated carbocycles. The molecule has 6 heteroatoms. The number of alkyl halides is 3. The van der Waals surface area contributed by atoms with Gasteiger partial charge in [-0.15, -0.1) is 13.2 Å². The molecule has 1 N–H and O–H groups in total. The molecule has 0 bridgehead atoms. The molecule has 0 spiro atoms. The molecular weight excluding hydrogens is 285 g/mol. The molecule has 0 fully saturated rings. The summed E-state index contributed by atoms with van der Waals surface area (Å²) in [5.41, 5.74) is 1.49. The van der Waals surface area contributed by atoms with Gasteiger partial charge in [-0.25, -0.2) is 4.79 Å². The molecule has 0 saturated heterocycles. The smallest absolute Gasteiger partial charge is 0.478 e. The average Bonchev–Trinajstić information content (AvgIpc) is 2.37. The first-order valence-electron chi connectivity index (χ1n) is 5.97. The van der Waals surface area contributed by atoms with Gasteiger partial charge < -0.3 is 9.84 Å². The van der Waals surface area contributed by atoms with Gasteiger partial charge in [0.1, 0.15) is 11.3 Å². The first-order chi connectivity index (χ1) is 9.78. The lowest BCUT2D eigenvalue weighted by atomic mass is 9.99. The van der Waals surface area contributed by atoms with E-state index in [1.165, 1.54) is 6.07 Å². The standard InChI is InChI=1S/C15H11F3O3/c1-9-4-2-3-5-11(9)10-6-7-12(14(19)20)13(8-10)21-15(16,17)18/h2-8H,1H3,(H,19,20). The number of carboxylic acids is 1. The highest BCUT2D eigenvalue weighted by atomic mass is 19.4. The number of rotatable bonds is 3. The van der Waals surface area contributed by atoms with Crippen molar-refractivity contribution in [2.24, 2.45) is 0 Å². The predicted molar refractivity (Wildman–Crippen MR) is 70.3 cm³/mol. The second kappa shape index (κ2) is 5.47. The minimum absolute atomic E-state index is 0.456. The predicted octanol–water partition coefficient (Wildman–Crippen LogP) is 4.26. The molecule has 0 aliphatic carbocycles. The molecule has 0 aromatic heterocycles. The highest BCUT2D eigenvalue weighted by Crippen LogP contribution is 2.32. The maximum Gasteiger partial charge on any atom is 0.573 e. The number of aryl methyl sites for hydroxylation is 1. The van der Waals surface area contributed by atoms with Gasteiger partial charge >= 0.3 is 12.3 Å². The van der Waals surface area contributed by atoms with Crippen LogP contribution < -0.4 is 4.74 Å². The van der Waals surface area contributed by atoms with E-state index in [2.05, 4.69) is 4.74 Å². The summed E-state index contributed by atoms with van der Waals surface area (Å²) in [5.74, 6) is -2.21. The Bertz CT molecular complexity index is 678. The van der Waals surface area contributed by atoms with Crippen LogP contribution in [0.5, 0.6) is 5.75 Å². The van der Waals surface area contributed by atoms with E-state index in [0.29, 0.717) is 11.1 Å². The molecule has 2 rings (SSSR count). The zero-order chi connectivity index (χ0) is 15.6. The van der Waals surface area contributed by atoms with Crippen molar-refractivity contribution in [2.75, 3.05) is 0 Å². The molecule has 0 unspecified atom stereocenters. The zero-order valence-corrected chi connectivity index (χ0v) is 10.9. The molecule has 0 radical (unpaired) electrons. The number of ether oxygens (including phenoxy) is 1. The molecule has 3 nitrogen and oxygen atoms in total. The average molecular weight is 296 g/mol. The monoisotopic (exact) mass is 296 g/mol. The first-order valence-corrected chi connectivity index (χ1v) is 5.97. The van der Waals surface area contributed by atoms with Gasteiger partial charge in [0, 0.05) is 0 Å². The molecule has 0 aliphatic rings. The molecule has 2 aromatic carbocycles. The van der Waals surface area contributed by atoms with Crippen LogP contribution >= 0.6 is 0 Å². The van der Waals surface area contributed by atoms with E-state index in [1.807, 2.05) is 13.0 Å². The summed E-state index contributed by atoms with van der Waals surface area (Å²) in [5, 5.41) is 8.93. The van der Waals surface area contributed by atoms with Gasteiger partial charge in [0.25, 0.3) is 0 Å². The van der Waals surface area contributed by atoms with Crippen molar-refractivity contribution in [3.63, 3.8) is 0 Å². The maximum atomic E-state index is 12.4. The Kier molecular flexibility index (Phi) is 3.88. The van der Waals surface area contributed by atoms with Crippen LogP contribution in [0.1, 0.15) is 15.9 Å². The van der Waals surface area contributed by atoms with Crippen molar-refractivity contribution < 1.29 is 27.8 Å². The van der Waals surface area contributed by atoms with Crippen molar-refractivity contribution in [2.45, 2.75) is 13.3 Å². The summed E-state index contributed by atoms with van der Waals surface area (Å²) in [6.07, 6.45) is -4.95. The van der Waals surface area contributed by atoms with E-state index < -0.39 is 23.6 Å². The van der Waals surface area contributed by atoms with Crippen molar-refractivity contribution >= 4 is 5.97 Å². The summed E-state index contributed by atoms with van der Waals surface area (Å²) >= 11 is 0. The number of carboxylic acid groups (broad SMARTS) is 1. The van der Waals surface area contributed by atoms with Crippen LogP contribution in [-0.4, -0.2) is 17.4 Å². The van der Waals surface area contributed by atoms with E-state index in [0.717, 1.165) is 17.7 Å². The Morgan fingerprint density at radius 3 is 2.38 bits per heavy atom. The molecule has 21 heavy (non-hydrogen) atoms. The van der Waals surface area contributed by atoms with E-state index in [9.17, 15) is 18.0 Å². The maximum absolute atomic E-state index is 12.4. The van der Waals surface area contributed by atoms with Crippen LogP contribution in [0, 0.1) is 6.92 Å². The number of aromatic carboxylic acids is 1. The minimum Gasteiger partial charge on any atom is -0.478 e. The lowest BCUT2D eigenvalue weighted by Crippen LogP contribution is -2.19. The van der Waals surface area contributed by atoms with E-state index in [1.54, 1.807) is 18.2 Å². The lowest BCUT2D eigenvalue weighted by molar-refractivity contribution is -0.274. The van der Waals surface area contributed by atoms with Gasteiger partial charge in [0.15, 0.2) is 0 Å². The highest BCUT2D eigenvalue weighted by Gasteiger charge is 2.33. The second-order valence-electron chi connectivity index (χ2n) is 4.38. The summed E-state index contributed by atoms with van der Waals surface area (Å²) < 4.78 is 41.0. The molecule has 2 aromatic rings. The number of halogens is 3. The number of hydrogen-bond donors (Lipinski definition) is 1. The van der Waals surface area contributed by atoms with E-state index in [4.69, 9.17) is 5.11 Å². The Balaban J connectivity index is 2.54. The van der Waals surface area contributed by atoms with Crippen LogP contribution in [0.15, 0.2) is 42.5 Å². The quantitative estimate of drug-likeness (QED) is 0.920. The van der Waals surface area contributed by atoms with Crippen LogP contribution in [-0.2, 0) is 0 Å². The van der Waals surface area contributed by atoms with Crippen molar-refractivity contribution in [3.05, 3.63) is 53.6 Å². The summed E-state index contributed by atoms with van der Waals surface area (Å²) in [4.78, 5) is 11.0. The van der Waals surface area contributed by atoms with E-state index >= 15 is 0 Å². The number of carbonyl (C=O) groups is 1. The van der Waals surface area contributed by atoms with Gasteiger partial charge in [-0.1, -0.05) is 30.3 Å². The van der Waals surface area contributed by atoms with Crippen LogP contribution in [0.3, 0.4) is 0 Å². The summed E-state index contributed by atoms with van der Waals surface area (Å²) in [6.45, 7) is 1.81. The zero-order valence-electron chi connectivity index (χ0n) is 10.9. The molecule has 110 valence electrons. The largest absolute Gasteiger partial charge is 0.573 e. The topological polar surface area (TPSA) is 46.5 Å². The van der Waals surface area contributed by atoms with Gasteiger partial charge in [0.05, 0.1) is 0 Å². The molecule has 0 amide bonds. The first kappa shape index (κ1) is 14.9. The Labute approximate surface area is 118 Å². The van der Waals surface area contributed by atoms with E-state index in [-0.39, 0.29) is 0 Å². The molecule has 0 aliphatic heterocycles. The van der Waals surface area contributed by atoms with Gasteiger partial charge in [-0.3, -0.25) is 0 Å². The minimum atomic E-state index is -4.95. The van der Waals surface area contributed by atoms with Crippen LogP contribution in [0.2, 0.25) is 0 Å². The van der Waals surface area contributed by atoms with Crippen molar-refractivity contribution in [1.82, 2.24) is 0 Å². The van der Waals surface area contributed by atoms with Crippen molar-refractivity contribution in [1.29, 1.82) is 0 Å². The fraction of sp³-hybridized carbons (Fsp3) is 0.133. The summed E-state index contributed by atoms with van der Waals surface area (Å²) in [7, 11) is 0. The molecular formula is C15H11F3O3.